The molecule has 0 aliphatic carbocycles. The van der Waals surface area contributed by atoms with Gasteiger partial charge in [0.2, 0.25) is 0 Å². The number of halogens is 1. The Labute approximate surface area is 666 Å². The number of hydrogen-bond donors (Lipinski definition) is 0. The monoisotopic (exact) mass is 1500 g/mol. The molecule has 1 saturated heterocycles. The Hall–Kier alpha value is -12.9. The predicted molar refractivity (Wildman–Crippen MR) is 480 cm³/mol. The highest BCUT2D eigenvalue weighted by Crippen LogP contribution is 2.45. The normalized spacial score (nSPS) is 12.7. The topological polar surface area (TPSA) is 24.9 Å². The Kier molecular flexibility index (Phi) is 20.5. The van der Waals surface area contributed by atoms with Crippen molar-refractivity contribution in [2.24, 2.45) is 0 Å². The summed E-state index contributed by atoms with van der Waals surface area (Å²) in [5.41, 5.74) is 23.9. The van der Waals surface area contributed by atoms with Gasteiger partial charge in [0.05, 0.1) is 11.2 Å². The molecule has 4 nitrogen and oxygen atoms in total. The average Bonchev–Trinajstić information content (AvgIpc) is 1.42. The van der Waals surface area contributed by atoms with Crippen molar-refractivity contribution in [2.45, 2.75) is 38.9 Å². The van der Waals surface area contributed by atoms with Gasteiger partial charge in [-0.05, 0) is 251 Å². The Balaban J connectivity index is 0.000000132. The van der Waals surface area contributed by atoms with Gasteiger partial charge in [0.15, 0.2) is 0 Å². The number of nitrogens with zero attached hydrogens (tertiary/aromatic N) is 2. The SMILES string of the molecule is Brc1cc2ccccc2cc1-c1cccc2ccccc12.CC1(C)OB(c2ccc(N(c3ccc(-c4ccccc4)cc3)c3ccc(-c4ccccc4)cc3)cc2)OC1(C)C.c1ccc(-c2ccc(N(c3ccc(-c4ccccc4)cc3)c3ccc(-c4cc5ccccc5cc4-c4cccc5ccccc45)cc3)cc2)cc1. The molecule has 1 heterocycles. The van der Waals surface area contributed by atoms with Gasteiger partial charge in [-0.3, -0.25) is 0 Å². The lowest BCUT2D eigenvalue weighted by Gasteiger charge is -2.32. The zero-order chi connectivity index (χ0) is 76.0. The van der Waals surface area contributed by atoms with Gasteiger partial charge in [-0.25, -0.2) is 0 Å². The Morgan fingerprint density at radius 2 is 0.464 bits per heavy atom. The van der Waals surface area contributed by atoms with E-state index in [1.54, 1.807) is 0 Å². The minimum atomic E-state index is -0.386. The number of fused-ring (bicyclic) bond motifs is 4. The summed E-state index contributed by atoms with van der Waals surface area (Å²) >= 11 is 3.74. The van der Waals surface area contributed by atoms with Crippen molar-refractivity contribution in [2.75, 3.05) is 9.80 Å². The van der Waals surface area contributed by atoms with Crippen LogP contribution in [-0.2, 0) is 9.31 Å². The molecular formula is C106H82BBrN2O2. The molecule has 0 amide bonds. The van der Waals surface area contributed by atoms with E-state index in [0.717, 1.165) is 44.1 Å². The fourth-order valence-electron chi connectivity index (χ4n) is 15.2. The lowest BCUT2D eigenvalue weighted by atomic mass is 9.79. The van der Waals surface area contributed by atoms with Gasteiger partial charge < -0.3 is 19.1 Å². The van der Waals surface area contributed by atoms with Gasteiger partial charge in [0.25, 0.3) is 0 Å². The van der Waals surface area contributed by atoms with Crippen LogP contribution >= 0.6 is 15.9 Å². The van der Waals surface area contributed by atoms with E-state index in [1.807, 2.05) is 12.1 Å². The van der Waals surface area contributed by atoms with Crippen LogP contribution in [0.4, 0.5) is 34.1 Å². The Morgan fingerprint density at radius 1 is 0.214 bits per heavy atom. The third kappa shape index (κ3) is 15.3. The van der Waals surface area contributed by atoms with Crippen LogP contribution in [0.1, 0.15) is 27.7 Å². The number of rotatable bonds is 14. The molecule has 112 heavy (non-hydrogen) atoms. The van der Waals surface area contributed by atoms with Gasteiger partial charge >= 0.3 is 7.12 Å². The lowest BCUT2D eigenvalue weighted by molar-refractivity contribution is 0.00578. The average molecular weight is 1510 g/mol. The molecule has 1 aliphatic rings. The summed E-state index contributed by atoms with van der Waals surface area (Å²) in [6, 6.07) is 152. The standard InChI is InChI=1S/C50H35N.C36H34BNO2.C20H13Br/c1-3-12-36(13-4-1)38-22-28-44(29-23-38)51(45-30-24-39(25-31-45)37-14-5-2-6-15-37)46-32-26-41(27-33-46)49-34-42-17-7-8-18-43(42)35-50(49)48-21-11-19-40-16-9-10-20-47(40)48;1-35(2)36(3,4)40-37(39-35)31-19-25-34(26-20-31)38(32-21-15-29(16-22-32)27-11-7-5-8-12-27)33-23-17-30(18-24-33)28-13-9-6-10-14-28;21-20-13-16-8-2-1-7-15(16)12-19(20)18-11-5-9-14-6-3-4-10-17(14)18/h1-35H;5-26H,1-4H3;1-13H. The van der Waals surface area contributed by atoms with Gasteiger partial charge in [-0.15, -0.1) is 0 Å². The summed E-state index contributed by atoms with van der Waals surface area (Å²) in [5, 5.41) is 10.1. The van der Waals surface area contributed by atoms with E-state index >= 15 is 0 Å². The molecule has 0 saturated carbocycles. The highest BCUT2D eigenvalue weighted by atomic mass is 79.9. The zero-order valence-electron chi connectivity index (χ0n) is 63.1. The van der Waals surface area contributed by atoms with Crippen molar-refractivity contribution in [3.8, 4) is 77.9 Å². The van der Waals surface area contributed by atoms with Crippen molar-refractivity contribution in [1.29, 1.82) is 0 Å². The fraction of sp³-hybridized carbons (Fsp3) is 0.0566. The molecule has 0 radical (unpaired) electrons. The van der Waals surface area contributed by atoms with E-state index < -0.39 is 0 Å². The van der Waals surface area contributed by atoms with Gasteiger partial charge in [0, 0.05) is 38.6 Å². The fourth-order valence-corrected chi connectivity index (χ4v) is 15.8. The molecule has 0 N–H and O–H groups in total. The second-order valence-corrected chi connectivity index (χ2v) is 30.4. The molecule has 1 aliphatic heterocycles. The first-order valence-corrected chi connectivity index (χ1v) is 39.2. The summed E-state index contributed by atoms with van der Waals surface area (Å²) in [7, 11) is -0.386. The van der Waals surface area contributed by atoms with Crippen LogP contribution in [0, 0.1) is 0 Å². The predicted octanol–water partition coefficient (Wildman–Crippen LogP) is 29.3. The molecule has 0 spiro atoms. The maximum absolute atomic E-state index is 6.29. The van der Waals surface area contributed by atoms with E-state index in [2.05, 4.69) is 466 Å². The van der Waals surface area contributed by atoms with E-state index in [-0.39, 0.29) is 18.3 Å². The summed E-state index contributed by atoms with van der Waals surface area (Å²) in [6.45, 7) is 8.34. The molecular weight excluding hydrogens is 1420 g/mol. The Morgan fingerprint density at radius 3 is 0.812 bits per heavy atom. The minimum absolute atomic E-state index is 0.372. The van der Waals surface area contributed by atoms with E-state index in [0.29, 0.717) is 0 Å². The zero-order valence-corrected chi connectivity index (χ0v) is 64.7. The highest BCUT2D eigenvalue weighted by Gasteiger charge is 2.51. The molecule has 0 bridgehead atoms. The van der Waals surface area contributed by atoms with Gasteiger partial charge in [-0.1, -0.05) is 344 Å². The maximum atomic E-state index is 6.29. The molecule has 0 atom stereocenters. The van der Waals surface area contributed by atoms with Crippen molar-refractivity contribution >= 4 is 106 Å². The van der Waals surface area contributed by atoms with Crippen molar-refractivity contribution < 1.29 is 9.31 Å². The van der Waals surface area contributed by atoms with Crippen LogP contribution in [0.5, 0.6) is 0 Å². The molecule has 18 aromatic rings. The first-order valence-electron chi connectivity index (χ1n) is 38.4. The maximum Gasteiger partial charge on any atom is 0.494 e. The van der Waals surface area contributed by atoms with Crippen LogP contribution < -0.4 is 15.3 Å². The third-order valence-electron chi connectivity index (χ3n) is 21.9. The van der Waals surface area contributed by atoms with Crippen LogP contribution in [0.3, 0.4) is 0 Å². The van der Waals surface area contributed by atoms with Crippen LogP contribution in [-0.4, -0.2) is 18.3 Å². The second kappa shape index (κ2) is 31.9. The van der Waals surface area contributed by atoms with Crippen LogP contribution in [0.15, 0.2) is 429 Å². The van der Waals surface area contributed by atoms with Crippen molar-refractivity contribution in [3.63, 3.8) is 0 Å². The smallest absolute Gasteiger partial charge is 0.399 e. The summed E-state index contributed by atoms with van der Waals surface area (Å²) in [4.78, 5) is 4.64. The molecule has 0 aromatic heterocycles. The van der Waals surface area contributed by atoms with E-state index in [4.69, 9.17) is 9.31 Å². The molecule has 6 heteroatoms. The number of hydrogen-bond acceptors (Lipinski definition) is 4. The first kappa shape index (κ1) is 72.0. The summed E-state index contributed by atoms with van der Waals surface area (Å²) in [6.07, 6.45) is 0. The molecule has 1 fully saturated rings. The van der Waals surface area contributed by atoms with E-state index in [1.165, 1.54) is 121 Å². The lowest BCUT2D eigenvalue weighted by Crippen LogP contribution is -2.41. The second-order valence-electron chi connectivity index (χ2n) is 29.5. The molecule has 19 rings (SSSR count). The number of benzene rings is 18. The molecule has 18 aromatic carbocycles. The van der Waals surface area contributed by atoms with Crippen molar-refractivity contribution in [3.05, 3.63) is 429 Å². The number of anilines is 6. The van der Waals surface area contributed by atoms with E-state index in [9.17, 15) is 0 Å². The quantitative estimate of drug-likeness (QED) is 0.101. The van der Waals surface area contributed by atoms with Gasteiger partial charge in [0.1, 0.15) is 0 Å². The van der Waals surface area contributed by atoms with Crippen LogP contribution in [0.2, 0.25) is 0 Å². The highest BCUT2D eigenvalue weighted by molar-refractivity contribution is 9.10. The van der Waals surface area contributed by atoms with Crippen molar-refractivity contribution in [1.82, 2.24) is 0 Å². The summed E-state index contributed by atoms with van der Waals surface area (Å²) < 4.78 is 13.7. The van der Waals surface area contributed by atoms with Crippen LogP contribution in [0.25, 0.3) is 121 Å². The minimum Gasteiger partial charge on any atom is -0.399 e. The third-order valence-corrected chi connectivity index (χ3v) is 22.6. The Bertz CT molecular complexity index is 6090. The molecule has 0 unspecified atom stereocenters. The summed E-state index contributed by atoms with van der Waals surface area (Å²) in [5.74, 6) is 0. The first-order chi connectivity index (χ1) is 54.9. The largest absolute Gasteiger partial charge is 0.494 e. The molecule has 538 valence electrons. The van der Waals surface area contributed by atoms with Gasteiger partial charge in [-0.2, -0.15) is 0 Å².